The largest absolute Gasteiger partial charge is 0.493 e. The van der Waals surface area contributed by atoms with Crippen LogP contribution < -0.4 is 14.2 Å². The third kappa shape index (κ3) is 4.90. The first-order valence-corrected chi connectivity index (χ1v) is 11.9. The summed E-state index contributed by atoms with van der Waals surface area (Å²) < 4.78 is 24.0. The molecule has 0 aliphatic carbocycles. The molecule has 0 saturated heterocycles. The Kier molecular flexibility index (Phi) is 7.16. The second-order valence-electron chi connectivity index (χ2n) is 7.95. The van der Waals surface area contributed by atoms with Gasteiger partial charge in [-0.3, -0.25) is 4.79 Å². The van der Waals surface area contributed by atoms with E-state index in [4.69, 9.17) is 18.6 Å². The predicted molar refractivity (Wildman–Crippen MR) is 134 cm³/mol. The molecule has 0 amide bonds. The number of thioether (sulfide) groups is 1. The number of Topliss-reactive ketones (excluding diaryl/α,β-unsaturated/α-hetero) is 1. The summed E-state index contributed by atoms with van der Waals surface area (Å²) in [6, 6.07) is 13.6. The summed E-state index contributed by atoms with van der Waals surface area (Å²) in [5.41, 5.74) is 5.42. The van der Waals surface area contributed by atoms with Gasteiger partial charge in [-0.05, 0) is 51.1 Å². The summed E-state index contributed by atoms with van der Waals surface area (Å²) in [7, 11) is 4.62. The number of ether oxygens (including phenoxy) is 3. The summed E-state index contributed by atoms with van der Waals surface area (Å²) in [4.78, 5) is 13.0. The van der Waals surface area contributed by atoms with E-state index in [1.807, 2.05) is 19.9 Å². The molecule has 0 atom stereocenters. The number of methoxy groups -OCH3 is 3. The van der Waals surface area contributed by atoms with Gasteiger partial charge in [0.15, 0.2) is 17.3 Å². The summed E-state index contributed by atoms with van der Waals surface area (Å²) >= 11 is 1.20. The van der Waals surface area contributed by atoms with Crippen molar-refractivity contribution in [1.29, 1.82) is 0 Å². The smallest absolute Gasteiger partial charge is 0.277 e. The summed E-state index contributed by atoms with van der Waals surface area (Å²) in [6.07, 6.45) is 0. The van der Waals surface area contributed by atoms with E-state index in [2.05, 4.69) is 46.0 Å². The third-order valence-corrected chi connectivity index (χ3v) is 6.49. The van der Waals surface area contributed by atoms with Gasteiger partial charge in [0.1, 0.15) is 0 Å². The molecular formula is C26H27N3O5S. The molecule has 0 aliphatic rings. The van der Waals surface area contributed by atoms with Crippen LogP contribution in [0.4, 0.5) is 0 Å². The maximum atomic E-state index is 13.0. The van der Waals surface area contributed by atoms with E-state index >= 15 is 0 Å². The Morgan fingerprint density at radius 1 is 0.943 bits per heavy atom. The SMILES string of the molecule is COc1cc(-c2nnc(SCC(=O)c3cc(C)n(-c4ccc(C)cc4)c3C)o2)cc(OC)c1OC. The number of benzene rings is 2. The van der Waals surface area contributed by atoms with Gasteiger partial charge in [-0.15, -0.1) is 10.2 Å². The maximum Gasteiger partial charge on any atom is 0.277 e. The number of hydrogen-bond acceptors (Lipinski definition) is 8. The normalized spacial score (nSPS) is 10.9. The number of aromatic nitrogens is 3. The highest BCUT2D eigenvalue weighted by Gasteiger charge is 2.20. The van der Waals surface area contributed by atoms with E-state index < -0.39 is 0 Å². The maximum absolute atomic E-state index is 13.0. The van der Waals surface area contributed by atoms with Gasteiger partial charge >= 0.3 is 0 Å². The number of hydrogen-bond donors (Lipinski definition) is 0. The highest BCUT2D eigenvalue weighted by Crippen LogP contribution is 2.41. The number of rotatable bonds is 9. The lowest BCUT2D eigenvalue weighted by atomic mass is 10.2. The van der Waals surface area contributed by atoms with Gasteiger partial charge in [0.2, 0.25) is 11.6 Å². The molecule has 0 fully saturated rings. The minimum atomic E-state index is -0.00556. The van der Waals surface area contributed by atoms with Gasteiger partial charge in [-0.2, -0.15) is 0 Å². The number of ketones is 1. The Hall–Kier alpha value is -3.72. The van der Waals surface area contributed by atoms with Crippen LogP contribution in [0.1, 0.15) is 27.3 Å². The number of carbonyl (C=O) groups is 1. The van der Waals surface area contributed by atoms with Crippen LogP contribution in [0.5, 0.6) is 17.2 Å². The second kappa shape index (κ2) is 10.3. The molecule has 0 bridgehead atoms. The Morgan fingerprint density at radius 2 is 1.60 bits per heavy atom. The lowest BCUT2D eigenvalue weighted by Gasteiger charge is -2.12. The molecule has 9 heteroatoms. The van der Waals surface area contributed by atoms with Crippen molar-refractivity contribution in [2.24, 2.45) is 0 Å². The number of carbonyl (C=O) groups excluding carboxylic acids is 1. The first-order chi connectivity index (χ1) is 16.9. The van der Waals surface area contributed by atoms with Crippen LogP contribution in [0.2, 0.25) is 0 Å². The molecule has 0 saturated carbocycles. The Bertz CT molecular complexity index is 1330. The number of aryl methyl sites for hydroxylation is 2. The molecule has 0 aliphatic heterocycles. The van der Waals surface area contributed by atoms with Crippen LogP contribution >= 0.6 is 11.8 Å². The van der Waals surface area contributed by atoms with Crippen molar-refractivity contribution in [3.05, 3.63) is 65.0 Å². The van der Waals surface area contributed by atoms with Crippen molar-refractivity contribution >= 4 is 17.5 Å². The van der Waals surface area contributed by atoms with Crippen molar-refractivity contribution in [2.75, 3.05) is 27.1 Å². The molecule has 4 rings (SSSR count). The van der Waals surface area contributed by atoms with Crippen molar-refractivity contribution in [1.82, 2.24) is 14.8 Å². The van der Waals surface area contributed by atoms with E-state index in [0.717, 1.165) is 17.1 Å². The Labute approximate surface area is 208 Å². The molecular weight excluding hydrogens is 466 g/mol. The van der Waals surface area contributed by atoms with Gasteiger partial charge in [0.25, 0.3) is 5.22 Å². The van der Waals surface area contributed by atoms with Crippen LogP contribution in [-0.2, 0) is 0 Å². The van der Waals surface area contributed by atoms with E-state index in [1.54, 1.807) is 12.1 Å². The third-order valence-electron chi connectivity index (χ3n) is 5.67. The van der Waals surface area contributed by atoms with Crippen LogP contribution in [0.15, 0.2) is 52.1 Å². The monoisotopic (exact) mass is 493 g/mol. The first-order valence-electron chi connectivity index (χ1n) is 10.9. The zero-order valence-electron chi connectivity index (χ0n) is 20.5. The lowest BCUT2D eigenvalue weighted by Crippen LogP contribution is -2.05. The lowest BCUT2D eigenvalue weighted by molar-refractivity contribution is 0.102. The molecule has 0 N–H and O–H groups in total. The molecule has 182 valence electrons. The summed E-state index contributed by atoms with van der Waals surface area (Å²) in [5.74, 6) is 1.89. The van der Waals surface area contributed by atoms with Gasteiger partial charge in [0.05, 0.1) is 27.1 Å². The Morgan fingerprint density at radius 3 is 2.20 bits per heavy atom. The average molecular weight is 494 g/mol. The predicted octanol–water partition coefficient (Wildman–Crippen LogP) is 5.45. The zero-order chi connectivity index (χ0) is 25.1. The van der Waals surface area contributed by atoms with Crippen molar-refractivity contribution < 1.29 is 23.4 Å². The highest BCUT2D eigenvalue weighted by atomic mass is 32.2. The highest BCUT2D eigenvalue weighted by molar-refractivity contribution is 7.99. The van der Waals surface area contributed by atoms with Crippen LogP contribution in [0.3, 0.4) is 0 Å². The molecule has 35 heavy (non-hydrogen) atoms. The van der Waals surface area contributed by atoms with Crippen LogP contribution in [0, 0.1) is 20.8 Å². The minimum Gasteiger partial charge on any atom is -0.493 e. The van der Waals surface area contributed by atoms with Crippen molar-refractivity contribution in [2.45, 2.75) is 26.0 Å². The fourth-order valence-corrected chi connectivity index (χ4v) is 4.58. The van der Waals surface area contributed by atoms with E-state index in [0.29, 0.717) is 33.6 Å². The van der Waals surface area contributed by atoms with E-state index in [-0.39, 0.29) is 17.4 Å². The average Bonchev–Trinajstić information content (AvgIpc) is 3.46. The fraction of sp³-hybridized carbons (Fsp3) is 0.269. The molecule has 2 heterocycles. The van der Waals surface area contributed by atoms with Gasteiger partial charge < -0.3 is 23.2 Å². The van der Waals surface area contributed by atoms with Crippen LogP contribution in [0.25, 0.3) is 17.1 Å². The second-order valence-corrected chi connectivity index (χ2v) is 8.88. The van der Waals surface area contributed by atoms with Crippen LogP contribution in [-0.4, -0.2) is 47.6 Å². The van der Waals surface area contributed by atoms with Gasteiger partial charge in [0, 0.05) is 28.2 Å². The van der Waals surface area contributed by atoms with Crippen molar-refractivity contribution in [3.8, 4) is 34.4 Å². The summed E-state index contributed by atoms with van der Waals surface area (Å²) in [6.45, 7) is 6.01. The first kappa shape index (κ1) is 24.4. The molecule has 2 aromatic carbocycles. The van der Waals surface area contributed by atoms with E-state index in [9.17, 15) is 4.79 Å². The van der Waals surface area contributed by atoms with Gasteiger partial charge in [-0.25, -0.2) is 0 Å². The standard InChI is InChI=1S/C26H27N3O5S/c1-15-7-9-19(10-8-15)29-16(2)11-20(17(29)3)21(30)14-35-26-28-27-25(34-26)18-12-22(31-4)24(33-6)23(13-18)32-5/h7-13H,14H2,1-6H3. The zero-order valence-corrected chi connectivity index (χ0v) is 21.4. The minimum absolute atomic E-state index is 0.00556. The molecule has 4 aromatic rings. The van der Waals surface area contributed by atoms with E-state index in [1.165, 1.54) is 38.7 Å². The number of nitrogens with zero attached hydrogens (tertiary/aromatic N) is 3. The molecule has 2 aromatic heterocycles. The van der Waals surface area contributed by atoms with Gasteiger partial charge in [-0.1, -0.05) is 29.5 Å². The van der Waals surface area contributed by atoms with Crippen molar-refractivity contribution in [3.63, 3.8) is 0 Å². The molecule has 0 unspecified atom stereocenters. The topological polar surface area (TPSA) is 88.6 Å². The molecule has 0 radical (unpaired) electrons. The molecule has 0 spiro atoms. The fourth-order valence-electron chi connectivity index (χ4n) is 3.93. The Balaban J connectivity index is 1.51. The molecule has 8 nitrogen and oxygen atoms in total. The quantitative estimate of drug-likeness (QED) is 0.225. The summed E-state index contributed by atoms with van der Waals surface area (Å²) in [5, 5.41) is 8.51.